The summed E-state index contributed by atoms with van der Waals surface area (Å²) in [5.41, 5.74) is 1.81. The molecule has 0 aliphatic carbocycles. The van der Waals surface area contributed by atoms with Crippen LogP contribution in [0.1, 0.15) is 12.0 Å². The van der Waals surface area contributed by atoms with E-state index in [0.717, 1.165) is 5.69 Å². The van der Waals surface area contributed by atoms with Crippen LogP contribution in [0.5, 0.6) is 0 Å². The molecule has 2 N–H and O–H groups in total. The molecule has 0 saturated carbocycles. The lowest BCUT2D eigenvalue weighted by atomic mass is 10.1. The second-order valence-electron chi connectivity index (χ2n) is 6.48. The van der Waals surface area contributed by atoms with Gasteiger partial charge in [-0.05, 0) is 36.2 Å². The number of benzene rings is 2. The van der Waals surface area contributed by atoms with E-state index in [1.807, 2.05) is 30.3 Å². The number of H-pyrrole nitrogens is 1. The van der Waals surface area contributed by atoms with Crippen LogP contribution in [-0.2, 0) is 6.42 Å². The van der Waals surface area contributed by atoms with Crippen molar-refractivity contribution in [1.82, 2.24) is 19.7 Å². The fraction of sp³-hybridized carbons (Fsp3) is 0.150. The number of aromatic amines is 1. The number of nitrogens with one attached hydrogen (secondary N) is 2. The predicted octanol–water partition coefficient (Wildman–Crippen LogP) is 4.35. The van der Waals surface area contributed by atoms with Gasteiger partial charge in [-0.2, -0.15) is 23.3 Å². The smallest absolute Gasteiger partial charge is 0.326 e. The number of hydrogen-bond acceptors (Lipinski definition) is 4. The van der Waals surface area contributed by atoms with Crippen LogP contribution < -0.4 is 10.9 Å². The van der Waals surface area contributed by atoms with Gasteiger partial charge >= 0.3 is 6.18 Å². The second kappa shape index (κ2) is 7.42. The van der Waals surface area contributed by atoms with E-state index in [4.69, 9.17) is 0 Å². The highest BCUT2D eigenvalue weighted by Crippen LogP contribution is 2.24. The van der Waals surface area contributed by atoms with Gasteiger partial charge in [-0.15, -0.1) is 0 Å². The van der Waals surface area contributed by atoms with E-state index in [9.17, 15) is 18.0 Å². The van der Waals surface area contributed by atoms with Crippen molar-refractivity contribution in [2.75, 3.05) is 5.32 Å². The molecular formula is C20H16F3N5O. The van der Waals surface area contributed by atoms with Crippen molar-refractivity contribution in [3.8, 4) is 5.69 Å². The predicted molar refractivity (Wildman–Crippen MR) is 104 cm³/mol. The molecule has 4 aromatic rings. The fourth-order valence-electron chi connectivity index (χ4n) is 2.96. The second-order valence-corrected chi connectivity index (χ2v) is 6.48. The topological polar surface area (TPSA) is 75.6 Å². The molecule has 0 atom stereocenters. The average molecular weight is 399 g/mol. The number of rotatable bonds is 5. The van der Waals surface area contributed by atoms with E-state index in [-0.39, 0.29) is 17.9 Å². The summed E-state index contributed by atoms with van der Waals surface area (Å²) in [7, 11) is 0. The molecule has 2 heterocycles. The minimum Gasteiger partial charge on any atom is -0.326 e. The summed E-state index contributed by atoms with van der Waals surface area (Å²) >= 11 is 0. The molecule has 0 bridgehead atoms. The molecule has 0 amide bonds. The van der Waals surface area contributed by atoms with Crippen LogP contribution in [0.3, 0.4) is 0 Å². The Bertz CT molecular complexity index is 1200. The Morgan fingerprint density at radius 2 is 1.86 bits per heavy atom. The highest BCUT2D eigenvalue weighted by atomic mass is 19.4. The van der Waals surface area contributed by atoms with Gasteiger partial charge in [0.05, 0.1) is 11.9 Å². The third-order valence-electron chi connectivity index (χ3n) is 4.33. The number of hydrogen-bond donors (Lipinski definition) is 2. The van der Waals surface area contributed by atoms with E-state index in [2.05, 4.69) is 20.4 Å². The molecule has 2 aromatic carbocycles. The summed E-state index contributed by atoms with van der Waals surface area (Å²) in [5, 5.41) is 7.52. The maximum absolute atomic E-state index is 12.5. The first-order valence-corrected chi connectivity index (χ1v) is 8.85. The summed E-state index contributed by atoms with van der Waals surface area (Å²) in [6.45, 7) is 0. The zero-order valence-electron chi connectivity index (χ0n) is 15.1. The van der Waals surface area contributed by atoms with E-state index in [1.54, 1.807) is 28.9 Å². The maximum Gasteiger partial charge on any atom is 0.389 e. The van der Waals surface area contributed by atoms with Gasteiger partial charge in [-0.25, -0.2) is 4.68 Å². The lowest BCUT2D eigenvalue weighted by molar-refractivity contribution is -0.133. The van der Waals surface area contributed by atoms with Crippen molar-refractivity contribution < 1.29 is 13.2 Å². The molecule has 9 heteroatoms. The van der Waals surface area contributed by atoms with Crippen molar-refractivity contribution in [2.45, 2.75) is 19.0 Å². The first-order valence-electron chi connectivity index (χ1n) is 8.85. The fourth-order valence-corrected chi connectivity index (χ4v) is 2.96. The Morgan fingerprint density at radius 3 is 2.62 bits per heavy atom. The molecule has 0 fully saturated rings. The Labute approximate surface area is 163 Å². The molecule has 0 unspecified atom stereocenters. The SMILES string of the molecule is O=c1[nH]c(Nc2cccc(CCC(F)(F)F)c2)nc2c1cnn2-c1ccccc1. The quantitative estimate of drug-likeness (QED) is 0.523. The van der Waals surface area contributed by atoms with Gasteiger partial charge < -0.3 is 5.32 Å². The number of alkyl halides is 3. The van der Waals surface area contributed by atoms with Crippen LogP contribution >= 0.6 is 0 Å². The number of anilines is 2. The third kappa shape index (κ3) is 4.29. The van der Waals surface area contributed by atoms with Crippen LogP contribution in [0.4, 0.5) is 24.8 Å². The molecule has 0 spiro atoms. The largest absolute Gasteiger partial charge is 0.389 e. The average Bonchev–Trinajstić information content (AvgIpc) is 3.11. The molecule has 2 aromatic heterocycles. The summed E-state index contributed by atoms with van der Waals surface area (Å²) in [4.78, 5) is 19.5. The van der Waals surface area contributed by atoms with Gasteiger partial charge in [0.15, 0.2) is 5.65 Å². The van der Waals surface area contributed by atoms with Gasteiger partial charge in [0.25, 0.3) is 5.56 Å². The zero-order chi connectivity index (χ0) is 20.4. The summed E-state index contributed by atoms with van der Waals surface area (Å²) < 4.78 is 38.9. The van der Waals surface area contributed by atoms with E-state index < -0.39 is 12.6 Å². The highest BCUT2D eigenvalue weighted by molar-refractivity contribution is 5.76. The van der Waals surface area contributed by atoms with Crippen LogP contribution in [0.15, 0.2) is 65.6 Å². The first kappa shape index (κ1) is 18.7. The monoisotopic (exact) mass is 399 g/mol. The van der Waals surface area contributed by atoms with E-state index in [1.165, 1.54) is 6.20 Å². The standard InChI is InChI=1S/C20H16F3N5O/c21-20(22,23)10-9-13-5-4-6-14(11-13)25-19-26-17-16(18(29)27-19)12-24-28(17)15-7-2-1-3-8-15/h1-8,11-12H,9-10H2,(H2,25,26,27,29). The Morgan fingerprint density at radius 1 is 1.07 bits per heavy atom. The number of aryl methyl sites for hydroxylation is 1. The summed E-state index contributed by atoms with van der Waals surface area (Å²) in [6.07, 6.45) is -3.79. The number of fused-ring (bicyclic) bond motifs is 1. The molecule has 0 radical (unpaired) electrons. The van der Waals surface area contributed by atoms with Crippen molar-refractivity contribution in [2.24, 2.45) is 0 Å². The van der Waals surface area contributed by atoms with Gasteiger partial charge in [-0.1, -0.05) is 30.3 Å². The van der Waals surface area contributed by atoms with Crippen molar-refractivity contribution in [1.29, 1.82) is 0 Å². The molecule has 29 heavy (non-hydrogen) atoms. The Kier molecular flexibility index (Phi) is 4.79. The number of halogens is 3. The first-order chi connectivity index (χ1) is 13.9. The molecule has 6 nitrogen and oxygen atoms in total. The van der Waals surface area contributed by atoms with Gasteiger partial charge in [0, 0.05) is 12.1 Å². The zero-order valence-corrected chi connectivity index (χ0v) is 15.1. The Hall–Kier alpha value is -3.62. The van der Waals surface area contributed by atoms with Crippen molar-refractivity contribution >= 4 is 22.7 Å². The highest BCUT2D eigenvalue weighted by Gasteiger charge is 2.26. The molecule has 0 aliphatic rings. The van der Waals surface area contributed by atoms with Crippen LogP contribution in [0.2, 0.25) is 0 Å². The molecule has 0 saturated heterocycles. The van der Waals surface area contributed by atoms with Gasteiger partial charge in [0.1, 0.15) is 5.39 Å². The maximum atomic E-state index is 12.5. The lowest BCUT2D eigenvalue weighted by Crippen LogP contribution is -2.12. The summed E-state index contributed by atoms with van der Waals surface area (Å²) in [5.74, 6) is 0.174. The van der Waals surface area contributed by atoms with Crippen LogP contribution in [-0.4, -0.2) is 25.9 Å². The number of para-hydroxylation sites is 1. The molecule has 0 aliphatic heterocycles. The molecular weight excluding hydrogens is 383 g/mol. The minimum absolute atomic E-state index is 0.122. The van der Waals surface area contributed by atoms with E-state index in [0.29, 0.717) is 22.3 Å². The van der Waals surface area contributed by atoms with Crippen molar-refractivity contribution in [3.05, 3.63) is 76.7 Å². The van der Waals surface area contributed by atoms with Crippen LogP contribution in [0, 0.1) is 0 Å². The van der Waals surface area contributed by atoms with Crippen LogP contribution in [0.25, 0.3) is 16.7 Å². The molecule has 4 rings (SSSR count). The van der Waals surface area contributed by atoms with Crippen molar-refractivity contribution in [3.63, 3.8) is 0 Å². The number of nitrogens with zero attached hydrogens (tertiary/aromatic N) is 3. The minimum atomic E-state index is -4.21. The molecule has 148 valence electrons. The summed E-state index contributed by atoms with van der Waals surface area (Å²) in [6, 6.07) is 15.8. The third-order valence-corrected chi connectivity index (χ3v) is 4.33. The van der Waals surface area contributed by atoms with Gasteiger partial charge in [0.2, 0.25) is 5.95 Å². The number of aromatic nitrogens is 4. The van der Waals surface area contributed by atoms with E-state index >= 15 is 0 Å². The van der Waals surface area contributed by atoms with Gasteiger partial charge in [-0.3, -0.25) is 9.78 Å². The lowest BCUT2D eigenvalue weighted by Gasteiger charge is -2.10. The normalized spacial score (nSPS) is 11.7. The Balaban J connectivity index is 1.64.